The Balaban J connectivity index is 2.36. The van der Waals surface area contributed by atoms with E-state index in [2.05, 4.69) is 9.36 Å². The van der Waals surface area contributed by atoms with Crippen molar-refractivity contribution in [2.24, 2.45) is 5.73 Å². The highest BCUT2D eigenvalue weighted by Crippen LogP contribution is 2.35. The van der Waals surface area contributed by atoms with Crippen molar-refractivity contribution in [3.63, 3.8) is 0 Å². The smallest absolute Gasteiger partial charge is 0.174 e. The first-order valence-electron chi connectivity index (χ1n) is 5.67. The third-order valence-electron chi connectivity index (χ3n) is 2.44. The van der Waals surface area contributed by atoms with Gasteiger partial charge in [-0.3, -0.25) is 5.41 Å². The Hall–Kier alpha value is -1.05. The van der Waals surface area contributed by atoms with Gasteiger partial charge in [-0.2, -0.15) is 4.37 Å². The Morgan fingerprint density at radius 1 is 1.42 bits per heavy atom. The number of hydrogen-bond donors (Lipinski definition) is 2. The molecule has 0 saturated heterocycles. The zero-order valence-corrected chi connectivity index (χ0v) is 13.1. The van der Waals surface area contributed by atoms with Crippen LogP contribution in [0.5, 0.6) is 0 Å². The first-order valence-corrected chi connectivity index (χ1v) is 8.49. The van der Waals surface area contributed by atoms with Crippen LogP contribution in [-0.2, 0) is 6.42 Å². The van der Waals surface area contributed by atoms with Gasteiger partial charge in [0.05, 0.1) is 0 Å². The molecule has 1 heterocycles. The van der Waals surface area contributed by atoms with E-state index >= 15 is 0 Å². The van der Waals surface area contributed by atoms with Crippen LogP contribution in [0.4, 0.5) is 0 Å². The zero-order valence-electron chi connectivity index (χ0n) is 10.6. The van der Waals surface area contributed by atoms with Crippen molar-refractivity contribution >= 4 is 40.9 Å². The third-order valence-corrected chi connectivity index (χ3v) is 5.07. The number of nitrogens with zero attached hydrogens (tertiary/aromatic N) is 2. The van der Waals surface area contributed by atoms with Crippen LogP contribution >= 0.6 is 35.1 Å². The number of aromatic nitrogens is 2. The Morgan fingerprint density at radius 3 is 2.74 bits per heavy atom. The average Bonchev–Trinajstić information content (AvgIpc) is 2.85. The molecule has 7 heteroatoms. The number of rotatable bonds is 5. The highest BCUT2D eigenvalue weighted by molar-refractivity contribution is 8.01. The highest BCUT2D eigenvalue weighted by atomic mass is 32.2. The van der Waals surface area contributed by atoms with Gasteiger partial charge in [-0.1, -0.05) is 24.8 Å². The summed E-state index contributed by atoms with van der Waals surface area (Å²) >= 11 is 4.50. The number of aryl methyl sites for hydroxylation is 1. The molecular formula is C12H14N4S3. The van der Waals surface area contributed by atoms with Crippen LogP contribution in [0.2, 0.25) is 0 Å². The van der Waals surface area contributed by atoms with Gasteiger partial charge in [-0.05, 0) is 29.9 Å². The van der Waals surface area contributed by atoms with Crippen molar-refractivity contribution in [2.45, 2.75) is 27.5 Å². The van der Waals surface area contributed by atoms with E-state index in [1.165, 1.54) is 23.3 Å². The molecule has 0 aliphatic heterocycles. The summed E-state index contributed by atoms with van der Waals surface area (Å²) in [6.45, 7) is 2.03. The van der Waals surface area contributed by atoms with Crippen molar-refractivity contribution in [2.75, 3.05) is 6.26 Å². The summed E-state index contributed by atoms with van der Waals surface area (Å²) in [5.74, 6) is 0.950. The largest absolute Gasteiger partial charge is 0.384 e. The van der Waals surface area contributed by atoms with E-state index in [9.17, 15) is 0 Å². The van der Waals surface area contributed by atoms with Crippen LogP contribution in [0.25, 0.3) is 0 Å². The summed E-state index contributed by atoms with van der Waals surface area (Å²) in [7, 11) is 0. The van der Waals surface area contributed by atoms with Crippen molar-refractivity contribution in [1.82, 2.24) is 9.36 Å². The molecule has 0 fully saturated rings. The molecule has 0 saturated carbocycles. The van der Waals surface area contributed by atoms with Crippen molar-refractivity contribution in [3.05, 3.63) is 29.6 Å². The Morgan fingerprint density at radius 2 is 2.16 bits per heavy atom. The van der Waals surface area contributed by atoms with Gasteiger partial charge in [0.1, 0.15) is 11.7 Å². The maximum Gasteiger partial charge on any atom is 0.174 e. The number of amidine groups is 1. The van der Waals surface area contributed by atoms with E-state index in [1.54, 1.807) is 11.8 Å². The molecular weight excluding hydrogens is 296 g/mol. The van der Waals surface area contributed by atoms with Crippen LogP contribution < -0.4 is 5.73 Å². The molecule has 0 aliphatic carbocycles. The van der Waals surface area contributed by atoms with Gasteiger partial charge in [-0.15, -0.1) is 11.8 Å². The topological polar surface area (TPSA) is 75.7 Å². The lowest BCUT2D eigenvalue weighted by atomic mass is 10.2. The minimum atomic E-state index is 0.0904. The Kier molecular flexibility index (Phi) is 4.84. The van der Waals surface area contributed by atoms with E-state index in [1.807, 2.05) is 31.4 Å². The van der Waals surface area contributed by atoms with Crippen LogP contribution in [0.1, 0.15) is 18.3 Å². The van der Waals surface area contributed by atoms with Gasteiger partial charge in [-0.25, -0.2) is 4.98 Å². The number of nitrogen functional groups attached to an aromatic ring is 1. The maximum atomic E-state index is 7.75. The van der Waals surface area contributed by atoms with Gasteiger partial charge in [0.25, 0.3) is 0 Å². The molecule has 1 aromatic heterocycles. The minimum absolute atomic E-state index is 0.0904. The van der Waals surface area contributed by atoms with Gasteiger partial charge in [0.2, 0.25) is 0 Å². The number of nitrogens with two attached hydrogens (primary N) is 1. The SMILES string of the molecule is CCc1nsc(Sc2cccc(SC)c2C(=N)N)n1. The average molecular weight is 310 g/mol. The van der Waals surface area contributed by atoms with Crippen LogP contribution in [0.15, 0.2) is 32.3 Å². The summed E-state index contributed by atoms with van der Waals surface area (Å²) in [5, 5.41) is 7.75. The van der Waals surface area contributed by atoms with Crippen LogP contribution in [0.3, 0.4) is 0 Å². The predicted molar refractivity (Wildman–Crippen MR) is 82.6 cm³/mol. The van der Waals surface area contributed by atoms with Crippen molar-refractivity contribution in [1.29, 1.82) is 5.41 Å². The molecule has 2 rings (SSSR count). The predicted octanol–water partition coefficient (Wildman–Crippen LogP) is 3.26. The minimum Gasteiger partial charge on any atom is -0.384 e. The standard InChI is InChI=1S/C12H14N4S3/c1-3-9-15-12(19-16-9)18-8-6-4-5-7(17-2)10(8)11(13)14/h4-6H,3H2,1-2H3,(H3,13,14). The number of hydrogen-bond acceptors (Lipinski definition) is 6. The van der Waals surface area contributed by atoms with E-state index in [-0.39, 0.29) is 5.84 Å². The third kappa shape index (κ3) is 3.29. The lowest BCUT2D eigenvalue weighted by Crippen LogP contribution is -2.13. The van der Waals surface area contributed by atoms with Crippen LogP contribution in [0, 0.1) is 5.41 Å². The van der Waals surface area contributed by atoms with E-state index in [0.29, 0.717) is 0 Å². The fourth-order valence-corrected chi connectivity index (χ4v) is 4.09. The molecule has 0 atom stereocenters. The molecule has 3 N–H and O–H groups in total. The molecule has 0 aliphatic rings. The number of thioether (sulfide) groups is 1. The summed E-state index contributed by atoms with van der Waals surface area (Å²) in [5.41, 5.74) is 6.49. The highest BCUT2D eigenvalue weighted by Gasteiger charge is 2.13. The molecule has 1 aromatic carbocycles. The van der Waals surface area contributed by atoms with E-state index in [4.69, 9.17) is 11.1 Å². The van der Waals surface area contributed by atoms with Gasteiger partial charge in [0.15, 0.2) is 4.34 Å². The molecule has 19 heavy (non-hydrogen) atoms. The monoisotopic (exact) mass is 310 g/mol. The second kappa shape index (κ2) is 6.40. The zero-order chi connectivity index (χ0) is 13.8. The molecule has 0 unspecified atom stereocenters. The first kappa shape index (κ1) is 14.4. The Bertz CT molecular complexity index is 594. The van der Waals surface area contributed by atoms with E-state index in [0.717, 1.165) is 31.9 Å². The Labute approximate surface area is 124 Å². The number of benzene rings is 1. The number of nitrogens with one attached hydrogen (secondary N) is 1. The van der Waals surface area contributed by atoms with Gasteiger partial charge in [0, 0.05) is 21.8 Å². The summed E-state index contributed by atoms with van der Waals surface area (Å²) in [6.07, 6.45) is 2.82. The fourth-order valence-electron chi connectivity index (χ4n) is 1.55. The molecule has 100 valence electrons. The van der Waals surface area contributed by atoms with E-state index < -0.39 is 0 Å². The summed E-state index contributed by atoms with van der Waals surface area (Å²) in [4.78, 5) is 6.40. The molecule has 2 aromatic rings. The first-order chi connectivity index (χ1) is 9.15. The summed E-state index contributed by atoms with van der Waals surface area (Å²) < 4.78 is 5.15. The van der Waals surface area contributed by atoms with Crippen LogP contribution in [-0.4, -0.2) is 21.4 Å². The van der Waals surface area contributed by atoms with Crippen molar-refractivity contribution < 1.29 is 0 Å². The molecule has 0 radical (unpaired) electrons. The van der Waals surface area contributed by atoms with Gasteiger partial charge < -0.3 is 5.73 Å². The fraction of sp³-hybridized carbons (Fsp3) is 0.250. The van der Waals surface area contributed by atoms with Crippen molar-refractivity contribution in [3.8, 4) is 0 Å². The lowest BCUT2D eigenvalue weighted by Gasteiger charge is -2.10. The van der Waals surface area contributed by atoms with Gasteiger partial charge >= 0.3 is 0 Å². The molecule has 4 nitrogen and oxygen atoms in total. The second-order valence-electron chi connectivity index (χ2n) is 3.68. The maximum absolute atomic E-state index is 7.75. The molecule has 0 amide bonds. The molecule has 0 spiro atoms. The normalized spacial score (nSPS) is 10.6. The molecule has 0 bridgehead atoms. The lowest BCUT2D eigenvalue weighted by molar-refractivity contribution is 0.971. The second-order valence-corrected chi connectivity index (χ2v) is 6.57. The summed E-state index contributed by atoms with van der Waals surface area (Å²) in [6, 6.07) is 5.92. The quantitative estimate of drug-likeness (QED) is 0.503.